The molecule has 5 nitrogen and oxygen atoms in total. The molecule has 1 aromatic heterocycles. The highest BCUT2D eigenvalue weighted by Gasteiger charge is 2.16. The lowest BCUT2D eigenvalue weighted by Gasteiger charge is -2.12. The Morgan fingerprint density at radius 1 is 1.60 bits per heavy atom. The zero-order chi connectivity index (χ0) is 14.7. The van der Waals surface area contributed by atoms with Gasteiger partial charge in [0.15, 0.2) is 23.5 Å². The van der Waals surface area contributed by atoms with Gasteiger partial charge in [0.1, 0.15) is 5.01 Å². The van der Waals surface area contributed by atoms with Gasteiger partial charge in [-0.25, -0.2) is 9.37 Å². The van der Waals surface area contributed by atoms with E-state index in [0.717, 1.165) is 11.5 Å². The number of aromatic nitrogens is 2. The van der Waals surface area contributed by atoms with Gasteiger partial charge in [-0.05, 0) is 36.7 Å². The summed E-state index contributed by atoms with van der Waals surface area (Å²) in [7, 11) is 0. The van der Waals surface area contributed by atoms with Gasteiger partial charge in [-0.2, -0.15) is 4.37 Å². The average Bonchev–Trinajstić information content (AvgIpc) is 2.80. The Morgan fingerprint density at radius 3 is 3.00 bits per heavy atom. The number of hydrogen-bond donors (Lipinski definition) is 1. The van der Waals surface area contributed by atoms with Crippen molar-refractivity contribution in [2.75, 3.05) is 0 Å². The fourth-order valence-electron chi connectivity index (χ4n) is 1.47. The first-order valence-electron chi connectivity index (χ1n) is 5.68. The molecule has 1 aromatic carbocycles. The van der Waals surface area contributed by atoms with Crippen LogP contribution in [0.5, 0.6) is 5.75 Å². The summed E-state index contributed by atoms with van der Waals surface area (Å²) in [6.45, 7) is 1.71. The van der Waals surface area contributed by atoms with Crippen LogP contribution in [0.25, 0.3) is 0 Å². The molecular formula is C12H11BrFN3O2S. The van der Waals surface area contributed by atoms with Gasteiger partial charge >= 0.3 is 0 Å². The molecule has 2 rings (SSSR count). The highest BCUT2D eigenvalue weighted by molar-refractivity contribution is 9.10. The van der Waals surface area contributed by atoms with Crippen LogP contribution in [0.3, 0.4) is 0 Å². The number of carbonyl (C=O) groups is 1. The van der Waals surface area contributed by atoms with E-state index in [4.69, 9.17) is 10.5 Å². The number of nitrogens with zero attached hydrogens (tertiary/aromatic N) is 2. The fraction of sp³-hybridized carbons (Fsp3) is 0.250. The van der Waals surface area contributed by atoms with Crippen molar-refractivity contribution in [1.82, 2.24) is 9.36 Å². The molecule has 0 aliphatic heterocycles. The van der Waals surface area contributed by atoms with E-state index < -0.39 is 17.8 Å². The van der Waals surface area contributed by atoms with Crippen molar-refractivity contribution in [2.24, 2.45) is 5.73 Å². The third kappa shape index (κ3) is 3.73. The maximum absolute atomic E-state index is 13.6. The van der Waals surface area contributed by atoms with Crippen LogP contribution in [0.2, 0.25) is 0 Å². The first-order valence-corrected chi connectivity index (χ1v) is 7.25. The molecule has 0 saturated heterocycles. The number of nitrogens with two attached hydrogens (primary N) is 1. The molecule has 0 unspecified atom stereocenters. The van der Waals surface area contributed by atoms with Crippen LogP contribution in [-0.4, -0.2) is 15.3 Å². The summed E-state index contributed by atoms with van der Waals surface area (Å²) >= 11 is 4.25. The summed E-state index contributed by atoms with van der Waals surface area (Å²) < 4.78 is 23.8. The normalized spacial score (nSPS) is 12.2. The van der Waals surface area contributed by atoms with Crippen LogP contribution in [0, 0.1) is 5.82 Å². The molecule has 106 valence electrons. The number of amides is 1. The van der Waals surface area contributed by atoms with E-state index in [9.17, 15) is 9.18 Å². The molecule has 2 N–H and O–H groups in total. The van der Waals surface area contributed by atoms with Crippen LogP contribution in [0.15, 0.2) is 22.7 Å². The summed E-state index contributed by atoms with van der Waals surface area (Å²) in [5.41, 5.74) is 5.08. The molecule has 0 bridgehead atoms. The predicted octanol–water partition coefficient (Wildman–Crippen LogP) is 2.61. The SMILES string of the molecule is C[C@H](Oc1ccc(Br)cc1F)c1nsc(CC(N)=O)n1. The predicted molar refractivity (Wildman–Crippen MR) is 76.0 cm³/mol. The maximum atomic E-state index is 13.6. The molecule has 0 aliphatic rings. The minimum atomic E-state index is -0.524. The lowest BCUT2D eigenvalue weighted by Crippen LogP contribution is -2.13. The molecule has 0 radical (unpaired) electrons. The van der Waals surface area contributed by atoms with Crippen molar-refractivity contribution < 1.29 is 13.9 Å². The Balaban J connectivity index is 2.09. The van der Waals surface area contributed by atoms with Crippen LogP contribution in [-0.2, 0) is 11.2 Å². The standard InChI is InChI=1S/C12H11BrFN3O2S/c1-6(12-16-11(20-17-12)5-10(15)18)19-9-3-2-7(13)4-8(9)14/h2-4,6H,5H2,1H3,(H2,15,18)/t6-/m0/s1. The van der Waals surface area contributed by atoms with Gasteiger partial charge in [-0.1, -0.05) is 15.9 Å². The summed E-state index contributed by atoms with van der Waals surface area (Å²) in [4.78, 5) is 14.9. The molecule has 0 aliphatic carbocycles. The monoisotopic (exact) mass is 359 g/mol. The van der Waals surface area contributed by atoms with E-state index in [1.807, 2.05) is 0 Å². The van der Waals surface area contributed by atoms with Gasteiger partial charge < -0.3 is 10.5 Å². The van der Waals surface area contributed by atoms with E-state index in [1.54, 1.807) is 13.0 Å². The minimum absolute atomic E-state index is 0.0387. The number of primary amides is 1. The molecule has 20 heavy (non-hydrogen) atoms. The third-order valence-electron chi connectivity index (χ3n) is 2.37. The van der Waals surface area contributed by atoms with E-state index in [-0.39, 0.29) is 12.2 Å². The lowest BCUT2D eigenvalue weighted by molar-refractivity contribution is -0.117. The second-order valence-corrected chi connectivity index (χ2v) is 5.78. The first-order chi connectivity index (χ1) is 9.45. The number of rotatable bonds is 5. The lowest BCUT2D eigenvalue weighted by atomic mass is 10.3. The zero-order valence-electron chi connectivity index (χ0n) is 10.5. The highest BCUT2D eigenvalue weighted by Crippen LogP contribution is 2.26. The molecule has 0 saturated carbocycles. The van der Waals surface area contributed by atoms with Crippen molar-refractivity contribution in [1.29, 1.82) is 0 Å². The zero-order valence-corrected chi connectivity index (χ0v) is 12.9. The largest absolute Gasteiger partial charge is 0.480 e. The molecule has 1 heterocycles. The Hall–Kier alpha value is -1.54. The average molecular weight is 360 g/mol. The minimum Gasteiger partial charge on any atom is -0.480 e. The summed E-state index contributed by atoms with van der Waals surface area (Å²) in [6, 6.07) is 4.51. The van der Waals surface area contributed by atoms with E-state index in [0.29, 0.717) is 15.3 Å². The van der Waals surface area contributed by atoms with Crippen molar-refractivity contribution >= 4 is 33.4 Å². The molecule has 8 heteroatoms. The van der Waals surface area contributed by atoms with Crippen LogP contribution < -0.4 is 10.5 Å². The number of hydrogen-bond acceptors (Lipinski definition) is 5. The number of carbonyl (C=O) groups excluding carboxylic acids is 1. The number of ether oxygens (including phenoxy) is 1. The molecule has 1 atom stereocenters. The van der Waals surface area contributed by atoms with Crippen LogP contribution in [0.1, 0.15) is 23.9 Å². The van der Waals surface area contributed by atoms with E-state index >= 15 is 0 Å². The summed E-state index contributed by atoms with van der Waals surface area (Å²) in [5.74, 6) is -0.431. The van der Waals surface area contributed by atoms with Gasteiger partial charge in [0, 0.05) is 4.47 Å². The van der Waals surface area contributed by atoms with E-state index in [1.165, 1.54) is 12.1 Å². The molecule has 0 spiro atoms. The van der Waals surface area contributed by atoms with Gasteiger partial charge in [-0.3, -0.25) is 4.79 Å². The molecule has 0 fully saturated rings. The summed E-state index contributed by atoms with van der Waals surface area (Å²) in [5, 5.41) is 0.513. The molecule has 2 aromatic rings. The van der Waals surface area contributed by atoms with Crippen molar-refractivity contribution in [3.63, 3.8) is 0 Å². The van der Waals surface area contributed by atoms with Crippen molar-refractivity contribution in [3.05, 3.63) is 39.3 Å². The van der Waals surface area contributed by atoms with Gasteiger partial charge in [-0.15, -0.1) is 0 Å². The number of benzene rings is 1. The van der Waals surface area contributed by atoms with E-state index in [2.05, 4.69) is 25.3 Å². The smallest absolute Gasteiger partial charge is 0.224 e. The Labute approximate surface area is 127 Å². The second kappa shape index (κ2) is 6.27. The molecule has 1 amide bonds. The first kappa shape index (κ1) is 14.9. The van der Waals surface area contributed by atoms with Crippen molar-refractivity contribution in [3.8, 4) is 5.75 Å². The second-order valence-electron chi connectivity index (χ2n) is 4.02. The fourth-order valence-corrected chi connectivity index (χ4v) is 2.53. The Bertz CT molecular complexity index is 635. The third-order valence-corrected chi connectivity index (χ3v) is 3.59. The van der Waals surface area contributed by atoms with Gasteiger partial charge in [0.2, 0.25) is 5.91 Å². The summed E-state index contributed by atoms with van der Waals surface area (Å²) in [6.07, 6.45) is -0.486. The highest BCUT2D eigenvalue weighted by atomic mass is 79.9. The topological polar surface area (TPSA) is 78.1 Å². The van der Waals surface area contributed by atoms with Crippen LogP contribution in [0.4, 0.5) is 4.39 Å². The Kier molecular flexibility index (Phi) is 4.66. The quantitative estimate of drug-likeness (QED) is 0.889. The number of halogens is 2. The Morgan fingerprint density at radius 2 is 2.35 bits per heavy atom. The van der Waals surface area contributed by atoms with Crippen molar-refractivity contribution in [2.45, 2.75) is 19.4 Å². The molecular weight excluding hydrogens is 349 g/mol. The van der Waals surface area contributed by atoms with Gasteiger partial charge in [0.05, 0.1) is 6.42 Å². The van der Waals surface area contributed by atoms with Gasteiger partial charge in [0.25, 0.3) is 0 Å². The maximum Gasteiger partial charge on any atom is 0.224 e. The van der Waals surface area contributed by atoms with Crippen LogP contribution >= 0.6 is 27.5 Å².